The summed E-state index contributed by atoms with van der Waals surface area (Å²) in [4.78, 5) is 30.9. The number of carbonyl (C=O) groups excluding carboxylic acids is 2. The standard InChI is InChI=1S/C27H26N6O4/c1-16-20(15-28)26(29-11-13-36-2)31-27(30-12-14-37-3)23(16)33-32-21-10-6-9-19-22(21)25(35)18-8-5-4-7-17(18)24(19)34/h4-10H,11-14H2,1-3H3,(H2,29,30,31). The number of ether oxygens (including phenoxy) is 2. The molecular weight excluding hydrogens is 472 g/mol. The quantitative estimate of drug-likeness (QED) is 0.240. The molecule has 10 nitrogen and oxygen atoms in total. The summed E-state index contributed by atoms with van der Waals surface area (Å²) in [5.41, 5.74) is 2.66. The third kappa shape index (κ3) is 5.09. The van der Waals surface area contributed by atoms with Gasteiger partial charge in [-0.3, -0.25) is 9.59 Å². The van der Waals surface area contributed by atoms with Gasteiger partial charge in [0.25, 0.3) is 0 Å². The molecule has 2 N–H and O–H groups in total. The van der Waals surface area contributed by atoms with Gasteiger partial charge in [-0.15, -0.1) is 10.2 Å². The molecule has 188 valence electrons. The number of nitriles is 1. The number of hydrogen-bond donors (Lipinski definition) is 2. The van der Waals surface area contributed by atoms with Crippen molar-refractivity contribution in [3.8, 4) is 6.07 Å². The van der Waals surface area contributed by atoms with Crippen molar-refractivity contribution < 1.29 is 19.1 Å². The molecule has 3 aromatic rings. The molecule has 0 fully saturated rings. The summed E-state index contributed by atoms with van der Waals surface area (Å²) >= 11 is 0. The van der Waals surface area contributed by atoms with Crippen molar-refractivity contribution in [1.29, 1.82) is 5.26 Å². The van der Waals surface area contributed by atoms with E-state index >= 15 is 0 Å². The van der Waals surface area contributed by atoms with E-state index in [1.165, 1.54) is 0 Å². The Morgan fingerprint density at radius 3 is 2.14 bits per heavy atom. The van der Waals surface area contributed by atoms with Crippen LogP contribution in [0.5, 0.6) is 0 Å². The average Bonchev–Trinajstić information content (AvgIpc) is 2.91. The van der Waals surface area contributed by atoms with Crippen LogP contribution in [-0.2, 0) is 9.47 Å². The number of anilines is 2. The van der Waals surface area contributed by atoms with Crippen LogP contribution in [0.25, 0.3) is 0 Å². The lowest BCUT2D eigenvalue weighted by atomic mass is 9.83. The smallest absolute Gasteiger partial charge is 0.196 e. The number of azo groups is 1. The molecule has 0 aliphatic heterocycles. The normalized spacial score (nSPS) is 12.3. The minimum absolute atomic E-state index is 0.202. The molecule has 0 saturated carbocycles. The molecule has 1 aliphatic rings. The lowest BCUT2D eigenvalue weighted by Gasteiger charge is -2.18. The third-order valence-electron chi connectivity index (χ3n) is 5.91. The molecule has 1 aromatic heterocycles. The molecular formula is C27H26N6O4. The van der Waals surface area contributed by atoms with Gasteiger partial charge in [-0.2, -0.15) is 5.26 Å². The lowest BCUT2D eigenvalue weighted by molar-refractivity contribution is 0.0979. The first-order valence-corrected chi connectivity index (χ1v) is 11.6. The summed E-state index contributed by atoms with van der Waals surface area (Å²) in [6.45, 7) is 3.52. The first kappa shape index (κ1) is 25.6. The van der Waals surface area contributed by atoms with Gasteiger partial charge >= 0.3 is 0 Å². The van der Waals surface area contributed by atoms with E-state index in [0.29, 0.717) is 65.9 Å². The fourth-order valence-corrected chi connectivity index (χ4v) is 4.06. The Morgan fingerprint density at radius 1 is 0.865 bits per heavy atom. The van der Waals surface area contributed by atoms with Gasteiger partial charge in [-0.25, -0.2) is 4.98 Å². The Morgan fingerprint density at radius 2 is 1.49 bits per heavy atom. The number of ketones is 2. The molecule has 10 heteroatoms. The molecule has 0 spiro atoms. The van der Waals surface area contributed by atoms with Crippen molar-refractivity contribution in [2.75, 3.05) is 51.2 Å². The fraction of sp³-hybridized carbons (Fsp3) is 0.259. The largest absolute Gasteiger partial charge is 0.383 e. The number of hydrogen-bond acceptors (Lipinski definition) is 10. The predicted molar refractivity (Wildman–Crippen MR) is 138 cm³/mol. The van der Waals surface area contributed by atoms with Crippen molar-refractivity contribution in [3.05, 3.63) is 75.8 Å². The highest BCUT2D eigenvalue weighted by atomic mass is 16.5. The maximum Gasteiger partial charge on any atom is 0.196 e. The lowest BCUT2D eigenvalue weighted by Crippen LogP contribution is -2.20. The van der Waals surface area contributed by atoms with E-state index in [-0.39, 0.29) is 28.4 Å². The predicted octanol–water partition coefficient (Wildman–Crippen LogP) is 4.57. The first-order valence-electron chi connectivity index (χ1n) is 11.6. The van der Waals surface area contributed by atoms with Crippen LogP contribution in [0.4, 0.5) is 23.0 Å². The van der Waals surface area contributed by atoms with E-state index in [2.05, 4.69) is 31.9 Å². The van der Waals surface area contributed by atoms with Crippen LogP contribution in [0.3, 0.4) is 0 Å². The highest BCUT2D eigenvalue weighted by Gasteiger charge is 2.31. The molecule has 0 atom stereocenters. The Balaban J connectivity index is 1.78. The molecule has 0 unspecified atom stereocenters. The monoisotopic (exact) mass is 498 g/mol. The summed E-state index contributed by atoms with van der Waals surface area (Å²) in [5.74, 6) is 0.267. The van der Waals surface area contributed by atoms with Crippen LogP contribution in [0, 0.1) is 18.3 Å². The van der Waals surface area contributed by atoms with Gasteiger partial charge in [-0.1, -0.05) is 36.4 Å². The second-order valence-corrected chi connectivity index (χ2v) is 8.21. The number of pyridine rings is 1. The summed E-state index contributed by atoms with van der Waals surface area (Å²) in [5, 5.41) is 24.9. The zero-order valence-electron chi connectivity index (χ0n) is 20.8. The highest BCUT2D eigenvalue weighted by molar-refractivity contribution is 6.29. The van der Waals surface area contributed by atoms with Crippen molar-refractivity contribution in [2.24, 2.45) is 10.2 Å². The van der Waals surface area contributed by atoms with Gasteiger partial charge in [0, 0.05) is 49.6 Å². The Hall–Kier alpha value is -4.46. The van der Waals surface area contributed by atoms with E-state index in [0.717, 1.165) is 0 Å². The number of fused-ring (bicyclic) bond motifs is 2. The van der Waals surface area contributed by atoms with Gasteiger partial charge in [0.2, 0.25) is 0 Å². The second kappa shape index (κ2) is 11.5. The van der Waals surface area contributed by atoms with Crippen LogP contribution >= 0.6 is 0 Å². The summed E-state index contributed by atoms with van der Waals surface area (Å²) < 4.78 is 10.2. The van der Waals surface area contributed by atoms with Gasteiger partial charge in [0.05, 0.1) is 30.0 Å². The molecule has 0 radical (unpaired) electrons. The van der Waals surface area contributed by atoms with E-state index < -0.39 is 0 Å². The molecule has 0 saturated heterocycles. The maximum absolute atomic E-state index is 13.3. The summed E-state index contributed by atoms with van der Waals surface area (Å²) in [7, 11) is 3.18. The molecule has 4 rings (SSSR count). The van der Waals surface area contributed by atoms with Crippen LogP contribution in [0.1, 0.15) is 43.0 Å². The number of carbonyl (C=O) groups is 2. The van der Waals surface area contributed by atoms with Crippen molar-refractivity contribution in [2.45, 2.75) is 6.92 Å². The molecule has 0 amide bonds. The molecule has 2 aromatic carbocycles. The number of rotatable bonds is 10. The SMILES string of the molecule is COCCNc1nc(NCCOC)c(N=Nc2cccc3c2C(=O)c2ccccc2C3=O)c(C)c1C#N. The Kier molecular flexibility index (Phi) is 7.98. The molecule has 1 aliphatic carbocycles. The van der Waals surface area contributed by atoms with Crippen LogP contribution < -0.4 is 10.6 Å². The summed E-state index contributed by atoms with van der Waals surface area (Å²) in [6, 6.07) is 13.8. The van der Waals surface area contributed by atoms with Gasteiger partial charge in [-0.05, 0) is 13.0 Å². The van der Waals surface area contributed by atoms with Crippen LogP contribution in [0.15, 0.2) is 52.7 Å². The molecule has 37 heavy (non-hydrogen) atoms. The first-order chi connectivity index (χ1) is 18.0. The fourth-order valence-electron chi connectivity index (χ4n) is 4.06. The Bertz CT molecular complexity index is 1430. The molecule has 0 bridgehead atoms. The van der Waals surface area contributed by atoms with Gasteiger partial charge < -0.3 is 20.1 Å². The van der Waals surface area contributed by atoms with Crippen molar-refractivity contribution in [3.63, 3.8) is 0 Å². The second-order valence-electron chi connectivity index (χ2n) is 8.21. The number of nitrogens with zero attached hydrogens (tertiary/aromatic N) is 4. The van der Waals surface area contributed by atoms with Crippen molar-refractivity contribution >= 4 is 34.6 Å². The summed E-state index contributed by atoms with van der Waals surface area (Å²) in [6.07, 6.45) is 0. The molecule has 1 heterocycles. The van der Waals surface area contributed by atoms with E-state index in [1.807, 2.05) is 0 Å². The number of methoxy groups -OCH3 is 2. The average molecular weight is 499 g/mol. The zero-order chi connectivity index (χ0) is 26.4. The van der Waals surface area contributed by atoms with E-state index in [4.69, 9.17) is 9.47 Å². The van der Waals surface area contributed by atoms with Gasteiger partial charge in [0.1, 0.15) is 17.6 Å². The minimum atomic E-state index is -0.288. The zero-order valence-corrected chi connectivity index (χ0v) is 20.8. The van der Waals surface area contributed by atoms with Crippen molar-refractivity contribution in [1.82, 2.24) is 4.98 Å². The van der Waals surface area contributed by atoms with E-state index in [9.17, 15) is 14.9 Å². The maximum atomic E-state index is 13.3. The van der Waals surface area contributed by atoms with Crippen LogP contribution in [0.2, 0.25) is 0 Å². The topological polar surface area (TPSA) is 138 Å². The minimum Gasteiger partial charge on any atom is -0.383 e. The van der Waals surface area contributed by atoms with Crippen LogP contribution in [-0.4, -0.2) is 57.1 Å². The van der Waals surface area contributed by atoms with Gasteiger partial charge in [0.15, 0.2) is 17.4 Å². The number of nitrogens with one attached hydrogen (secondary N) is 2. The highest BCUT2D eigenvalue weighted by Crippen LogP contribution is 2.37. The third-order valence-corrected chi connectivity index (χ3v) is 5.91. The van der Waals surface area contributed by atoms with E-state index in [1.54, 1.807) is 63.6 Å². The number of aromatic nitrogens is 1. The Labute approximate surface area is 214 Å². The number of benzene rings is 2.